The van der Waals surface area contributed by atoms with Gasteiger partial charge in [-0.05, 0) is 30.2 Å². The van der Waals surface area contributed by atoms with Crippen LogP contribution >= 0.6 is 11.3 Å². The standard InChI is InChI=1S/C18H27N3OS/c1-14(2)11-21-12-15(10-20-21)9-19-17(16-5-3-8-23-16)18(13-22)6-4-7-18/h3,5,8,10,12,14,17,19,22H,4,6-7,9,11,13H2,1-2H3. The number of aliphatic hydroxyl groups is 1. The summed E-state index contributed by atoms with van der Waals surface area (Å²) in [6.45, 7) is 6.41. The number of nitrogens with zero attached hydrogens (tertiary/aromatic N) is 2. The zero-order valence-corrected chi connectivity index (χ0v) is 14.9. The lowest BCUT2D eigenvalue weighted by Gasteiger charge is -2.46. The van der Waals surface area contributed by atoms with Gasteiger partial charge in [0.2, 0.25) is 0 Å². The average Bonchev–Trinajstić information content (AvgIpc) is 3.12. The van der Waals surface area contributed by atoms with Gasteiger partial charge < -0.3 is 10.4 Å². The number of aliphatic hydroxyl groups excluding tert-OH is 1. The summed E-state index contributed by atoms with van der Waals surface area (Å²) >= 11 is 1.78. The van der Waals surface area contributed by atoms with E-state index < -0.39 is 0 Å². The molecule has 0 radical (unpaired) electrons. The summed E-state index contributed by atoms with van der Waals surface area (Å²) in [5.74, 6) is 0.599. The first-order chi connectivity index (χ1) is 11.1. The van der Waals surface area contributed by atoms with Crippen molar-refractivity contribution in [2.24, 2.45) is 11.3 Å². The fourth-order valence-electron chi connectivity index (χ4n) is 3.43. The third-order valence-electron chi connectivity index (χ3n) is 4.85. The van der Waals surface area contributed by atoms with E-state index in [9.17, 15) is 5.11 Å². The Morgan fingerprint density at radius 1 is 1.43 bits per heavy atom. The highest BCUT2D eigenvalue weighted by atomic mass is 32.1. The van der Waals surface area contributed by atoms with E-state index in [4.69, 9.17) is 0 Å². The van der Waals surface area contributed by atoms with Gasteiger partial charge in [-0.1, -0.05) is 26.3 Å². The molecule has 1 aliphatic rings. The molecule has 0 bridgehead atoms. The zero-order valence-electron chi connectivity index (χ0n) is 14.0. The molecule has 1 atom stereocenters. The predicted octanol–water partition coefficient (Wildman–Crippen LogP) is 3.59. The smallest absolute Gasteiger partial charge is 0.0534 e. The Balaban J connectivity index is 1.68. The van der Waals surface area contributed by atoms with E-state index in [-0.39, 0.29) is 18.1 Å². The second-order valence-corrected chi connectivity index (χ2v) is 8.15. The summed E-state index contributed by atoms with van der Waals surface area (Å²) in [6.07, 6.45) is 7.51. The molecule has 1 saturated carbocycles. The van der Waals surface area contributed by atoms with Crippen molar-refractivity contribution < 1.29 is 5.11 Å². The number of thiophene rings is 1. The molecule has 2 N–H and O–H groups in total. The SMILES string of the molecule is CC(C)Cn1cc(CNC(c2cccs2)C2(CO)CCC2)cn1. The summed E-state index contributed by atoms with van der Waals surface area (Å²) in [5, 5.41) is 20.2. The Labute approximate surface area is 142 Å². The van der Waals surface area contributed by atoms with Crippen molar-refractivity contribution in [2.45, 2.75) is 52.2 Å². The van der Waals surface area contributed by atoms with Gasteiger partial charge in [0.25, 0.3) is 0 Å². The Morgan fingerprint density at radius 2 is 2.26 bits per heavy atom. The highest BCUT2D eigenvalue weighted by Crippen LogP contribution is 2.50. The van der Waals surface area contributed by atoms with Crippen LogP contribution in [0.25, 0.3) is 0 Å². The van der Waals surface area contributed by atoms with Gasteiger partial charge in [-0.2, -0.15) is 5.10 Å². The maximum absolute atomic E-state index is 9.95. The Bertz CT molecular complexity index is 596. The van der Waals surface area contributed by atoms with E-state index in [1.54, 1.807) is 11.3 Å². The van der Waals surface area contributed by atoms with E-state index in [0.717, 1.165) is 25.9 Å². The van der Waals surface area contributed by atoms with E-state index >= 15 is 0 Å². The lowest BCUT2D eigenvalue weighted by molar-refractivity contribution is 0.00577. The highest BCUT2D eigenvalue weighted by Gasteiger charge is 2.44. The van der Waals surface area contributed by atoms with Crippen molar-refractivity contribution in [1.82, 2.24) is 15.1 Å². The molecule has 0 spiro atoms. The first kappa shape index (κ1) is 16.7. The summed E-state index contributed by atoms with van der Waals surface area (Å²) in [4.78, 5) is 1.33. The molecule has 126 valence electrons. The van der Waals surface area contributed by atoms with E-state index in [1.807, 2.05) is 10.9 Å². The van der Waals surface area contributed by atoms with Crippen molar-refractivity contribution in [2.75, 3.05) is 6.61 Å². The van der Waals surface area contributed by atoms with Crippen LogP contribution in [0, 0.1) is 11.3 Å². The Kier molecular flexibility index (Phi) is 5.19. The second kappa shape index (κ2) is 7.16. The normalized spacial score (nSPS) is 18.1. The van der Waals surface area contributed by atoms with E-state index in [1.165, 1.54) is 16.9 Å². The number of nitrogens with one attached hydrogen (secondary N) is 1. The Morgan fingerprint density at radius 3 is 2.83 bits per heavy atom. The first-order valence-corrected chi connectivity index (χ1v) is 9.40. The molecule has 3 rings (SSSR count). The van der Waals surface area contributed by atoms with Gasteiger partial charge in [-0.15, -0.1) is 11.3 Å². The number of rotatable bonds is 8. The van der Waals surface area contributed by atoms with Crippen LogP contribution in [0.1, 0.15) is 49.6 Å². The molecule has 0 aliphatic heterocycles. The third kappa shape index (κ3) is 3.67. The molecule has 4 nitrogen and oxygen atoms in total. The van der Waals surface area contributed by atoms with Gasteiger partial charge >= 0.3 is 0 Å². The third-order valence-corrected chi connectivity index (χ3v) is 5.79. The number of hydrogen-bond acceptors (Lipinski definition) is 4. The van der Waals surface area contributed by atoms with Crippen molar-refractivity contribution in [3.8, 4) is 0 Å². The van der Waals surface area contributed by atoms with Gasteiger partial charge in [-0.3, -0.25) is 4.68 Å². The minimum Gasteiger partial charge on any atom is -0.396 e. The molecule has 1 aliphatic carbocycles. The van der Waals surface area contributed by atoms with E-state index in [2.05, 4.69) is 48.0 Å². The largest absolute Gasteiger partial charge is 0.396 e. The maximum atomic E-state index is 9.95. The quantitative estimate of drug-likeness (QED) is 0.776. The summed E-state index contributed by atoms with van der Waals surface area (Å²) in [6, 6.07) is 4.51. The van der Waals surface area contributed by atoms with Gasteiger partial charge in [-0.25, -0.2) is 0 Å². The summed E-state index contributed by atoms with van der Waals surface area (Å²) in [7, 11) is 0. The minimum absolute atomic E-state index is 0.0127. The number of aromatic nitrogens is 2. The minimum atomic E-state index is 0.0127. The van der Waals surface area contributed by atoms with Crippen LogP contribution in [-0.4, -0.2) is 21.5 Å². The molecule has 2 heterocycles. The van der Waals surface area contributed by atoms with Crippen LogP contribution in [0.5, 0.6) is 0 Å². The summed E-state index contributed by atoms with van der Waals surface area (Å²) in [5.41, 5.74) is 1.22. The van der Waals surface area contributed by atoms with Crippen molar-refractivity contribution in [3.05, 3.63) is 40.3 Å². The Hall–Kier alpha value is -1.17. The van der Waals surface area contributed by atoms with Gasteiger partial charge in [0.1, 0.15) is 0 Å². The van der Waals surface area contributed by atoms with Crippen LogP contribution in [0.2, 0.25) is 0 Å². The van der Waals surface area contributed by atoms with Crippen molar-refractivity contribution in [1.29, 1.82) is 0 Å². The van der Waals surface area contributed by atoms with Crippen LogP contribution in [-0.2, 0) is 13.1 Å². The fraction of sp³-hybridized carbons (Fsp3) is 0.611. The van der Waals surface area contributed by atoms with Crippen molar-refractivity contribution >= 4 is 11.3 Å². The average molecular weight is 334 g/mol. The lowest BCUT2D eigenvalue weighted by Crippen LogP contribution is -2.45. The zero-order chi connectivity index (χ0) is 16.3. The van der Waals surface area contributed by atoms with Crippen LogP contribution < -0.4 is 5.32 Å². The fourth-order valence-corrected chi connectivity index (χ4v) is 4.38. The predicted molar refractivity (Wildman–Crippen MR) is 94.3 cm³/mol. The molecule has 0 amide bonds. The molecule has 2 aromatic heterocycles. The second-order valence-electron chi connectivity index (χ2n) is 7.17. The van der Waals surface area contributed by atoms with Crippen LogP contribution in [0.15, 0.2) is 29.9 Å². The molecule has 0 saturated heterocycles. The van der Waals surface area contributed by atoms with Gasteiger partial charge in [0, 0.05) is 41.2 Å². The van der Waals surface area contributed by atoms with Gasteiger partial charge in [0.15, 0.2) is 0 Å². The molecule has 2 aromatic rings. The molecule has 5 heteroatoms. The molecule has 1 fully saturated rings. The number of hydrogen-bond donors (Lipinski definition) is 2. The molecule has 1 unspecified atom stereocenters. The van der Waals surface area contributed by atoms with Crippen molar-refractivity contribution in [3.63, 3.8) is 0 Å². The van der Waals surface area contributed by atoms with Crippen LogP contribution in [0.3, 0.4) is 0 Å². The van der Waals surface area contributed by atoms with Crippen LogP contribution in [0.4, 0.5) is 0 Å². The van der Waals surface area contributed by atoms with Gasteiger partial charge in [0.05, 0.1) is 12.8 Å². The maximum Gasteiger partial charge on any atom is 0.0534 e. The van der Waals surface area contributed by atoms with E-state index in [0.29, 0.717) is 5.92 Å². The topological polar surface area (TPSA) is 50.1 Å². The lowest BCUT2D eigenvalue weighted by atomic mass is 9.64. The highest BCUT2D eigenvalue weighted by molar-refractivity contribution is 7.10. The molecule has 23 heavy (non-hydrogen) atoms. The first-order valence-electron chi connectivity index (χ1n) is 8.52. The summed E-state index contributed by atoms with van der Waals surface area (Å²) < 4.78 is 2.02. The molecular weight excluding hydrogens is 306 g/mol. The molecule has 0 aromatic carbocycles. The molecular formula is C18H27N3OS. The monoisotopic (exact) mass is 333 g/mol.